The van der Waals surface area contributed by atoms with Gasteiger partial charge in [-0.2, -0.15) is 0 Å². The number of ether oxygens (including phenoxy) is 3. The quantitative estimate of drug-likeness (QED) is 0.295. The van der Waals surface area contributed by atoms with Gasteiger partial charge in [-0.3, -0.25) is 24.0 Å². The number of esters is 1. The van der Waals surface area contributed by atoms with E-state index in [0.29, 0.717) is 12.0 Å². The Balaban J connectivity index is 0.000000176. The molecule has 7 fully saturated rings. The number of Topliss-reactive ketones (excluding diaryl/α,β-unsaturated/α-hetero) is 2. The van der Waals surface area contributed by atoms with Gasteiger partial charge in [-0.05, 0) is 124 Å². The smallest absolute Gasteiger partial charge is 0.303 e. The van der Waals surface area contributed by atoms with E-state index >= 15 is 13.2 Å². The van der Waals surface area contributed by atoms with Crippen molar-refractivity contribution >= 4 is 29.1 Å². The molecule has 11 nitrogen and oxygen atoms in total. The van der Waals surface area contributed by atoms with Gasteiger partial charge in [0.1, 0.15) is 19.0 Å². The Labute approximate surface area is 360 Å². The molecule has 62 heavy (non-hydrogen) atoms. The molecule has 0 aromatic rings. The third kappa shape index (κ3) is 6.04. The highest BCUT2D eigenvalue weighted by atomic mass is 19.1. The summed E-state index contributed by atoms with van der Waals surface area (Å²) < 4.78 is 65.5. The first kappa shape index (κ1) is 45.3. The number of aliphatic hydroxyl groups excluding tert-OH is 3. The van der Waals surface area contributed by atoms with Crippen molar-refractivity contribution in [2.45, 2.75) is 142 Å². The Kier molecular flexibility index (Phi) is 10.7. The molecule has 1 aliphatic heterocycles. The molecule has 0 unspecified atom stereocenters. The standard InChI is InChI=1S/C26H32F2O7.C22H29FO4/c1-13(29)33-12-20(32)26-21(34-22(2,3)35-26)10-15-16-9-18(27)17-8-14(30)6-7-23(17,4)25(16,28)19(31)11-24(15,26)5;1-11-6-14-13-8-16(23)15-7-12(25)4-5-21(15,2)20(13)17(26)9-22(14,3)19(11)18(27)10-24/h6-8,15-16,18-19,21,31H,9-12H2,1-5H3;4-5,7,11,13-14,16-17,19-20,24,26H,6,8-10H2,1-3H3/t15-,16-,18-,19-,21+,23-,24-,25-,26+;11-,13+,14+,16+,17+,19-,20-,21+,22+/m01/s1. The Bertz CT molecular complexity index is 2100. The maximum Gasteiger partial charge on any atom is 0.303 e. The summed E-state index contributed by atoms with van der Waals surface area (Å²) in [6.07, 6.45) is 4.04. The minimum atomic E-state index is -2.27. The number of carbonyl (C=O) groups is 5. The van der Waals surface area contributed by atoms with E-state index in [0.717, 1.165) is 12.5 Å². The van der Waals surface area contributed by atoms with Gasteiger partial charge in [0.25, 0.3) is 0 Å². The van der Waals surface area contributed by atoms with Crippen LogP contribution in [0.25, 0.3) is 0 Å². The molecular weight excluding hydrogens is 810 g/mol. The van der Waals surface area contributed by atoms with Gasteiger partial charge in [-0.25, -0.2) is 13.2 Å². The molecule has 340 valence electrons. The number of alkyl halides is 3. The van der Waals surface area contributed by atoms with Crippen LogP contribution in [0.15, 0.2) is 47.6 Å². The van der Waals surface area contributed by atoms with Crippen LogP contribution in [-0.2, 0) is 38.2 Å². The number of aliphatic hydroxyl groups is 3. The third-order valence-corrected chi connectivity index (χ3v) is 17.8. The van der Waals surface area contributed by atoms with Crippen LogP contribution in [-0.4, -0.2) is 105 Å². The van der Waals surface area contributed by atoms with Crippen molar-refractivity contribution in [2.75, 3.05) is 13.2 Å². The molecule has 18 atom stereocenters. The lowest BCUT2D eigenvalue weighted by Crippen LogP contribution is -2.71. The highest BCUT2D eigenvalue weighted by molar-refractivity contribution is 6.02. The van der Waals surface area contributed by atoms with Gasteiger partial charge >= 0.3 is 5.97 Å². The molecule has 0 bridgehead atoms. The molecule has 3 N–H and O–H groups in total. The van der Waals surface area contributed by atoms with E-state index in [9.17, 15) is 39.3 Å². The number of hydrogen-bond acceptors (Lipinski definition) is 11. The predicted molar refractivity (Wildman–Crippen MR) is 217 cm³/mol. The zero-order valence-corrected chi connectivity index (χ0v) is 36.8. The zero-order chi connectivity index (χ0) is 45.5. The van der Waals surface area contributed by atoms with E-state index in [-0.39, 0.29) is 72.4 Å². The van der Waals surface area contributed by atoms with Crippen molar-refractivity contribution in [2.24, 2.45) is 63.1 Å². The molecule has 9 rings (SSSR count). The van der Waals surface area contributed by atoms with Gasteiger partial charge in [0.15, 0.2) is 41.0 Å². The van der Waals surface area contributed by atoms with Crippen molar-refractivity contribution in [3.8, 4) is 0 Å². The van der Waals surface area contributed by atoms with Gasteiger partial charge in [0.05, 0.1) is 18.3 Å². The molecule has 6 saturated carbocycles. The fraction of sp³-hybridized carbons (Fsp3) is 0.729. The lowest BCUT2D eigenvalue weighted by molar-refractivity contribution is -0.249. The average Bonchev–Trinajstić information content (AvgIpc) is 3.71. The molecule has 0 aromatic carbocycles. The Morgan fingerprint density at radius 3 is 2.13 bits per heavy atom. The van der Waals surface area contributed by atoms with Crippen LogP contribution in [0, 0.1) is 63.1 Å². The van der Waals surface area contributed by atoms with Crippen LogP contribution in [0.3, 0.4) is 0 Å². The van der Waals surface area contributed by atoms with Crippen molar-refractivity contribution < 1.29 is 66.7 Å². The summed E-state index contributed by atoms with van der Waals surface area (Å²) in [4.78, 5) is 61.4. The van der Waals surface area contributed by atoms with Crippen LogP contribution in [0.5, 0.6) is 0 Å². The minimum absolute atomic E-state index is 0.0406. The number of fused-ring (bicyclic) bond motifs is 12. The first-order valence-electron chi connectivity index (χ1n) is 22.2. The van der Waals surface area contributed by atoms with Gasteiger partial charge in [0, 0.05) is 40.9 Å². The van der Waals surface area contributed by atoms with Crippen molar-refractivity contribution in [1.29, 1.82) is 0 Å². The Morgan fingerprint density at radius 1 is 0.855 bits per heavy atom. The van der Waals surface area contributed by atoms with E-state index < -0.39 is 112 Å². The summed E-state index contributed by atoms with van der Waals surface area (Å²) in [5, 5.41) is 32.1. The van der Waals surface area contributed by atoms with E-state index in [1.165, 1.54) is 38.2 Å². The second kappa shape index (κ2) is 14.6. The van der Waals surface area contributed by atoms with Crippen molar-refractivity contribution in [3.05, 3.63) is 47.6 Å². The summed E-state index contributed by atoms with van der Waals surface area (Å²) in [6.45, 7) is 12.8. The van der Waals surface area contributed by atoms with E-state index in [2.05, 4.69) is 0 Å². The fourth-order valence-electron chi connectivity index (χ4n) is 15.6. The molecule has 0 amide bonds. The van der Waals surface area contributed by atoms with E-state index in [1.807, 2.05) is 20.8 Å². The molecule has 1 saturated heterocycles. The monoisotopic (exact) mass is 870 g/mol. The highest BCUT2D eigenvalue weighted by Gasteiger charge is 2.81. The maximum atomic E-state index is 17.3. The third-order valence-electron chi connectivity index (χ3n) is 17.8. The fourth-order valence-corrected chi connectivity index (χ4v) is 15.6. The lowest BCUT2D eigenvalue weighted by Gasteiger charge is -2.63. The molecular formula is C48H61F3O11. The second-order valence-corrected chi connectivity index (χ2v) is 21.4. The molecule has 0 spiro atoms. The Hall–Kier alpha value is -3.30. The number of carbonyl (C=O) groups excluding carboxylic acids is 5. The van der Waals surface area contributed by atoms with Gasteiger partial charge in [0.2, 0.25) is 5.78 Å². The number of halogens is 3. The predicted octanol–water partition coefficient (Wildman–Crippen LogP) is 5.57. The van der Waals surface area contributed by atoms with Crippen LogP contribution >= 0.6 is 0 Å². The van der Waals surface area contributed by atoms with E-state index in [1.54, 1.807) is 26.8 Å². The Morgan fingerprint density at radius 2 is 1.48 bits per heavy atom. The number of rotatable bonds is 5. The molecule has 1 heterocycles. The topological polar surface area (TPSA) is 174 Å². The van der Waals surface area contributed by atoms with Crippen molar-refractivity contribution in [3.63, 3.8) is 0 Å². The zero-order valence-electron chi connectivity index (χ0n) is 36.8. The summed E-state index contributed by atoms with van der Waals surface area (Å²) in [5.74, 6) is -4.86. The lowest BCUT2D eigenvalue weighted by atomic mass is 9.44. The second-order valence-electron chi connectivity index (χ2n) is 21.4. The van der Waals surface area contributed by atoms with Crippen LogP contribution in [0.1, 0.15) is 93.9 Å². The molecule has 9 aliphatic rings. The molecule has 0 aromatic heterocycles. The van der Waals surface area contributed by atoms with Gasteiger partial charge in [-0.1, -0.05) is 39.8 Å². The summed E-state index contributed by atoms with van der Waals surface area (Å²) in [5.41, 5.74) is -7.06. The van der Waals surface area contributed by atoms with E-state index in [4.69, 9.17) is 14.2 Å². The summed E-state index contributed by atoms with van der Waals surface area (Å²) in [7, 11) is 0. The number of hydrogen-bond donors (Lipinski definition) is 3. The first-order chi connectivity index (χ1) is 28.8. The molecule has 14 heteroatoms. The highest BCUT2D eigenvalue weighted by Crippen LogP contribution is 2.73. The number of ketones is 4. The van der Waals surface area contributed by atoms with Crippen LogP contribution < -0.4 is 0 Å². The summed E-state index contributed by atoms with van der Waals surface area (Å²) in [6, 6.07) is 0. The minimum Gasteiger partial charge on any atom is -0.458 e. The summed E-state index contributed by atoms with van der Waals surface area (Å²) >= 11 is 0. The van der Waals surface area contributed by atoms with Crippen molar-refractivity contribution in [1.82, 2.24) is 0 Å². The largest absolute Gasteiger partial charge is 0.458 e. The van der Waals surface area contributed by atoms with Crippen LogP contribution in [0.2, 0.25) is 0 Å². The normalized spacial score (nSPS) is 50.2. The number of allylic oxidation sites excluding steroid dienone is 8. The SMILES string of the molecule is CC(=O)OCC(=O)[C@@]12OC(C)(C)O[C@@H]1C[C@H]1[C@@H]3C[C@H](F)C4=CC(=O)C=C[C@]4(C)[C@@]3(F)[C@@H](O)C[C@@]12C.C[C@@H]1C[C@H]2[C@@H]3C[C@H](F)C4=CC(=O)C=C[C@]4(C)[C@H]3[C@@H](O)C[C@]2(C)[C@H]1C(=O)CO. The first-order valence-corrected chi connectivity index (χ1v) is 22.2. The van der Waals surface area contributed by atoms with Gasteiger partial charge < -0.3 is 29.5 Å². The molecule has 0 radical (unpaired) electrons. The average molecular weight is 871 g/mol. The maximum absolute atomic E-state index is 17.3. The van der Waals surface area contributed by atoms with Crippen LogP contribution in [0.4, 0.5) is 13.2 Å². The van der Waals surface area contributed by atoms with Gasteiger partial charge in [-0.15, -0.1) is 0 Å². The molecule has 8 aliphatic carbocycles.